The lowest BCUT2D eigenvalue weighted by molar-refractivity contribution is -0.141. The van der Waals surface area contributed by atoms with Crippen LogP contribution in [-0.4, -0.2) is 37.3 Å². The second-order valence-electron chi connectivity index (χ2n) is 7.28. The maximum Gasteiger partial charge on any atom is 0.235 e. The first-order chi connectivity index (χ1) is 12.0. The quantitative estimate of drug-likeness (QED) is 0.363. The molecule has 26 heavy (non-hydrogen) atoms. The van der Waals surface area contributed by atoms with Gasteiger partial charge in [0.15, 0.2) is 4.33 Å². The molecule has 2 aliphatic carbocycles. The fourth-order valence-electron chi connectivity index (χ4n) is 4.41. The van der Waals surface area contributed by atoms with Crippen LogP contribution < -0.4 is 0 Å². The number of likely N-dealkylation sites (tertiary alicyclic amines) is 1. The molecule has 2 amide bonds. The number of carbonyl (C=O) groups is 2. The highest BCUT2D eigenvalue weighted by atomic mass is 35.5. The van der Waals surface area contributed by atoms with Gasteiger partial charge in [-0.2, -0.15) is 0 Å². The Hall–Kier alpha value is 0.620. The summed E-state index contributed by atoms with van der Waals surface area (Å²) in [4.78, 5) is 24.1. The summed E-state index contributed by atoms with van der Waals surface area (Å²) < 4.78 is -1.86. The molecule has 1 heterocycles. The number of halogens is 6. The first-order valence-corrected chi connectivity index (χ1v) is 11.0. The highest BCUT2D eigenvalue weighted by Crippen LogP contribution is 2.77. The van der Waals surface area contributed by atoms with E-state index in [-0.39, 0.29) is 16.0 Å². The normalized spacial score (nSPS) is 39.2. The van der Waals surface area contributed by atoms with E-state index in [1.54, 1.807) is 0 Å². The molecule has 0 unspecified atom stereocenters. The minimum Gasteiger partial charge on any atom is -0.282 e. The van der Waals surface area contributed by atoms with Gasteiger partial charge in [-0.15, -0.1) is 23.2 Å². The summed E-state index contributed by atoms with van der Waals surface area (Å²) >= 11 is 38.8. The van der Waals surface area contributed by atoms with Crippen LogP contribution in [-0.2, 0) is 9.59 Å². The van der Waals surface area contributed by atoms with E-state index in [0.717, 1.165) is 25.7 Å². The lowest BCUT2D eigenvalue weighted by atomic mass is 9.84. The van der Waals surface area contributed by atoms with E-state index < -0.39 is 37.7 Å². The highest BCUT2D eigenvalue weighted by Gasteiger charge is 2.87. The van der Waals surface area contributed by atoms with Crippen LogP contribution in [0.4, 0.5) is 0 Å². The van der Waals surface area contributed by atoms with Gasteiger partial charge in [-0.25, -0.2) is 0 Å². The number of carbonyl (C=O) groups excluding carboxylic acids is 2. The molecule has 0 aromatic heterocycles. The van der Waals surface area contributed by atoms with Crippen molar-refractivity contribution in [2.24, 2.45) is 17.8 Å². The van der Waals surface area contributed by atoms with Gasteiger partial charge in [0, 0.05) is 6.54 Å². The Kier molecular flexibility index (Phi) is 5.62. The largest absolute Gasteiger partial charge is 0.282 e. The summed E-state index contributed by atoms with van der Waals surface area (Å²) in [5.74, 6) is -2.70. The molecular weight excluding hydrogens is 463 g/mol. The van der Waals surface area contributed by atoms with Gasteiger partial charge in [0.25, 0.3) is 0 Å². The zero-order chi connectivity index (χ0) is 19.7. The molecule has 2 fully saturated rings. The molecule has 1 saturated carbocycles. The number of hydrogen-bond donors (Lipinski definition) is 0. The molecule has 3 aliphatic rings. The predicted molar refractivity (Wildman–Crippen MR) is 107 cm³/mol. The lowest BCUT2D eigenvalue weighted by Gasteiger charge is -2.35. The van der Waals surface area contributed by atoms with Crippen LogP contribution in [0.2, 0.25) is 0 Å². The summed E-state index contributed by atoms with van der Waals surface area (Å²) in [6.45, 7) is 4.47. The summed E-state index contributed by atoms with van der Waals surface area (Å²) in [5, 5.41) is -0.105. The monoisotopic (exact) mass is 479 g/mol. The van der Waals surface area contributed by atoms with Crippen LogP contribution in [0, 0.1) is 17.8 Å². The molecule has 0 radical (unpaired) electrons. The molecule has 0 spiro atoms. The van der Waals surface area contributed by atoms with Gasteiger partial charge in [0.2, 0.25) is 11.8 Å². The predicted octanol–water partition coefficient (Wildman–Crippen LogP) is 5.65. The van der Waals surface area contributed by atoms with Crippen molar-refractivity contribution in [2.45, 2.75) is 53.6 Å². The number of hydrogen-bond acceptors (Lipinski definition) is 2. The average Bonchev–Trinajstić information content (AvgIpc) is 2.97. The Morgan fingerprint density at radius 1 is 0.962 bits per heavy atom. The zero-order valence-corrected chi connectivity index (χ0v) is 18.8. The van der Waals surface area contributed by atoms with Gasteiger partial charge in [0.1, 0.15) is 9.75 Å². The molecule has 1 aliphatic heterocycles. The molecule has 9 heteroatoms. The van der Waals surface area contributed by atoms with Gasteiger partial charge in [-0.3, -0.25) is 14.5 Å². The number of rotatable bonds is 6. The Morgan fingerprint density at radius 3 is 1.81 bits per heavy atom. The smallest absolute Gasteiger partial charge is 0.235 e. The van der Waals surface area contributed by atoms with E-state index in [0.29, 0.717) is 6.54 Å². The van der Waals surface area contributed by atoms with E-state index >= 15 is 0 Å². The van der Waals surface area contributed by atoms with Crippen LogP contribution in [0.5, 0.6) is 0 Å². The fraction of sp³-hybridized carbons (Fsp3) is 0.765. The van der Waals surface area contributed by atoms with Gasteiger partial charge >= 0.3 is 0 Å². The van der Waals surface area contributed by atoms with Gasteiger partial charge in [-0.05, 0) is 12.3 Å². The van der Waals surface area contributed by atoms with Crippen LogP contribution >= 0.6 is 69.6 Å². The topological polar surface area (TPSA) is 37.4 Å². The Labute approximate surface area is 183 Å². The number of fused-ring (bicyclic) bond motifs is 5. The second-order valence-corrected chi connectivity index (χ2v) is 10.6. The molecule has 5 atom stereocenters. The average molecular weight is 482 g/mol. The maximum atomic E-state index is 13.1. The van der Waals surface area contributed by atoms with E-state index in [9.17, 15) is 9.59 Å². The number of nitrogens with zero attached hydrogens (tertiary/aromatic N) is 1. The van der Waals surface area contributed by atoms with Crippen LogP contribution in [0.1, 0.15) is 39.5 Å². The van der Waals surface area contributed by atoms with Crippen molar-refractivity contribution in [1.29, 1.82) is 0 Å². The Bertz CT molecular complexity index is 649. The summed E-state index contributed by atoms with van der Waals surface area (Å²) in [6.07, 6.45) is 3.88. The summed E-state index contributed by atoms with van der Waals surface area (Å²) in [6, 6.07) is 0. The molecular formula is C17H19Cl6NO2. The van der Waals surface area contributed by atoms with Gasteiger partial charge < -0.3 is 0 Å². The zero-order valence-electron chi connectivity index (χ0n) is 14.3. The maximum absolute atomic E-state index is 13.1. The number of imide groups is 1. The third kappa shape index (κ3) is 2.34. The van der Waals surface area contributed by atoms with Crippen molar-refractivity contribution in [2.75, 3.05) is 6.54 Å². The van der Waals surface area contributed by atoms with Gasteiger partial charge in [0.05, 0.1) is 21.9 Å². The first-order valence-electron chi connectivity index (χ1n) is 8.68. The Balaban J connectivity index is 1.98. The van der Waals surface area contributed by atoms with Crippen molar-refractivity contribution < 1.29 is 9.59 Å². The highest BCUT2D eigenvalue weighted by molar-refractivity contribution is 6.66. The molecule has 146 valence electrons. The van der Waals surface area contributed by atoms with Crippen molar-refractivity contribution in [3.05, 3.63) is 10.1 Å². The lowest BCUT2D eigenvalue weighted by Crippen LogP contribution is -2.50. The molecule has 0 aromatic carbocycles. The molecule has 3 nitrogen and oxygen atoms in total. The fourth-order valence-corrected chi connectivity index (χ4v) is 7.34. The molecule has 0 aromatic rings. The van der Waals surface area contributed by atoms with Crippen molar-refractivity contribution in [3.63, 3.8) is 0 Å². The third-order valence-electron chi connectivity index (χ3n) is 5.98. The van der Waals surface area contributed by atoms with Gasteiger partial charge in [-0.1, -0.05) is 79.5 Å². The van der Waals surface area contributed by atoms with Crippen molar-refractivity contribution in [3.8, 4) is 0 Å². The van der Waals surface area contributed by atoms with Crippen molar-refractivity contribution >= 4 is 81.4 Å². The summed E-state index contributed by atoms with van der Waals surface area (Å²) in [7, 11) is 0. The molecule has 2 bridgehead atoms. The van der Waals surface area contributed by atoms with Crippen LogP contribution in [0.3, 0.4) is 0 Å². The number of alkyl halides is 4. The van der Waals surface area contributed by atoms with E-state index in [1.165, 1.54) is 4.90 Å². The minimum atomic E-state index is -1.86. The van der Waals surface area contributed by atoms with E-state index in [4.69, 9.17) is 69.6 Å². The SMILES string of the molecule is CCCC[C@H](CC)CN1C(=O)[C@@H]2[C@H](C1=O)[C@]1(Cl)C(Cl)=C(Cl)[C@]2(Cl)C1(Cl)Cl. The Morgan fingerprint density at radius 2 is 1.42 bits per heavy atom. The van der Waals surface area contributed by atoms with Crippen LogP contribution in [0.25, 0.3) is 0 Å². The summed E-state index contributed by atoms with van der Waals surface area (Å²) in [5.41, 5.74) is 0. The van der Waals surface area contributed by atoms with E-state index in [1.807, 2.05) is 6.92 Å². The number of unbranched alkanes of at least 4 members (excludes halogenated alkanes) is 1. The van der Waals surface area contributed by atoms with E-state index in [2.05, 4.69) is 6.92 Å². The minimum absolute atomic E-state index is 0.0527. The van der Waals surface area contributed by atoms with Crippen molar-refractivity contribution in [1.82, 2.24) is 4.90 Å². The number of allylic oxidation sites excluding steroid dienone is 2. The number of amides is 2. The third-order valence-corrected chi connectivity index (χ3v) is 10.2. The molecule has 0 N–H and O–H groups in total. The molecule has 3 rings (SSSR count). The molecule has 1 saturated heterocycles. The standard InChI is InChI=1S/C17H19Cl6NO2/c1-3-5-6-8(4-2)7-24-13(25)9-10(14(24)26)16(21)12(19)11(18)15(9,20)17(16,22)23/h8-10H,3-7H2,1-2H3/t8-,9-,10+,15-,16-/m0/s1. The second kappa shape index (κ2) is 6.85. The first kappa shape index (κ1) is 21.3. The van der Waals surface area contributed by atoms with Crippen LogP contribution in [0.15, 0.2) is 10.1 Å².